The van der Waals surface area contributed by atoms with Crippen LogP contribution < -0.4 is 19.9 Å². The molecule has 62 heavy (non-hydrogen) atoms. The number of nitrogens with zero attached hydrogens (tertiary/aromatic N) is 6. The second-order valence-corrected chi connectivity index (χ2v) is 17.3. The number of aromatic hydroxyl groups is 1. The molecule has 2 amide bonds. The number of phenolic OH excluding ortho intramolecular Hbond substituents is 1. The largest absolute Gasteiger partial charge is 0.508 e. The van der Waals surface area contributed by atoms with Gasteiger partial charge in [-0.15, -0.1) is 0 Å². The molecule has 1 aromatic heterocycles. The molecule has 2 N–H and O–H groups in total. The molecule has 0 bridgehead atoms. The molecule has 3 fully saturated rings. The predicted molar refractivity (Wildman–Crippen MR) is 244 cm³/mol. The van der Waals surface area contributed by atoms with Gasteiger partial charge in [0.05, 0.1) is 11.7 Å². The Morgan fingerprint density at radius 1 is 0.919 bits per heavy atom. The first-order valence-corrected chi connectivity index (χ1v) is 22.9. The lowest BCUT2D eigenvalue weighted by atomic mass is 9.57. The summed E-state index contributed by atoms with van der Waals surface area (Å²) in [6.07, 6.45) is 15.0. The highest BCUT2D eigenvalue weighted by molar-refractivity contribution is 6.02. The minimum absolute atomic E-state index is 0.176. The van der Waals surface area contributed by atoms with Crippen LogP contribution in [0.5, 0.6) is 11.5 Å². The standard InChI is InChI=1S/C32H41N7O4.C10H12O.C6H6.C2H6/c1-33-29(41)26(4-2-13-40)39-19-23-14-27-28(15-25(23)30(39)42)43-21-24-20-36(11-12-38(24)27)18-22-16-32(17-22)5-9-37(10-6-32)31-34-7-3-8-35-31;11-10-6-5-8-3-1-2-4-9(8)7-10;1-2-4-6-5-3-1;1-2/h3,7-8,13-15,22,24,26H,2,4-6,9-12,16-21H2,1H3,(H,33,41);5-7,11H,1-4H2;1-6H;1-2H3. The molecule has 2 unspecified atom stereocenters. The molecule has 4 aromatic rings. The zero-order chi connectivity index (χ0) is 43.5. The van der Waals surface area contributed by atoms with Gasteiger partial charge in [0.25, 0.3) is 5.91 Å². The van der Waals surface area contributed by atoms with Gasteiger partial charge in [0.2, 0.25) is 11.9 Å². The molecule has 2 atom stereocenters. The van der Waals surface area contributed by atoms with E-state index in [9.17, 15) is 19.5 Å². The molecule has 12 heteroatoms. The fraction of sp³-hybridized carbons (Fsp3) is 0.500. The van der Waals surface area contributed by atoms with Crippen molar-refractivity contribution in [3.8, 4) is 11.5 Å². The van der Waals surface area contributed by atoms with E-state index in [-0.39, 0.29) is 24.3 Å². The second-order valence-electron chi connectivity index (χ2n) is 17.3. The Bertz CT molecular complexity index is 2060. The summed E-state index contributed by atoms with van der Waals surface area (Å²) in [4.78, 5) is 54.8. The molecule has 3 aromatic carbocycles. The molecule has 1 spiro atoms. The number of amides is 2. The van der Waals surface area contributed by atoms with E-state index >= 15 is 0 Å². The average molecular weight is 844 g/mol. The summed E-state index contributed by atoms with van der Waals surface area (Å²) in [6, 6.07) is 23.2. The van der Waals surface area contributed by atoms with E-state index in [1.165, 1.54) is 56.1 Å². The van der Waals surface area contributed by atoms with Gasteiger partial charge in [0, 0.05) is 77.2 Å². The maximum atomic E-state index is 13.3. The maximum absolute atomic E-state index is 13.3. The maximum Gasteiger partial charge on any atom is 0.255 e. The average Bonchev–Trinajstić information content (AvgIpc) is 3.63. The molecule has 330 valence electrons. The number of aryl methyl sites for hydroxylation is 2. The number of hydrogen-bond acceptors (Lipinski definition) is 10. The van der Waals surface area contributed by atoms with E-state index in [1.807, 2.05) is 86.9 Å². The van der Waals surface area contributed by atoms with E-state index in [1.54, 1.807) is 18.0 Å². The van der Waals surface area contributed by atoms with Crippen LogP contribution in [-0.2, 0) is 29.0 Å². The molecule has 2 saturated heterocycles. The monoisotopic (exact) mass is 844 g/mol. The number of likely N-dealkylation sites (N-methyl/N-ethyl adjacent to an activating group) is 1. The normalized spacial score (nSPS) is 20.1. The van der Waals surface area contributed by atoms with Gasteiger partial charge in [-0.25, -0.2) is 9.97 Å². The van der Waals surface area contributed by atoms with Crippen molar-refractivity contribution in [3.63, 3.8) is 0 Å². The second kappa shape index (κ2) is 21.1. The molecule has 10 rings (SSSR count). The van der Waals surface area contributed by atoms with Crippen LogP contribution in [0.2, 0.25) is 0 Å². The van der Waals surface area contributed by atoms with Crippen LogP contribution in [0, 0.1) is 11.3 Å². The molecule has 12 nitrogen and oxygen atoms in total. The Labute approximate surface area is 367 Å². The van der Waals surface area contributed by atoms with E-state index in [2.05, 4.69) is 36.1 Å². The summed E-state index contributed by atoms with van der Waals surface area (Å²) in [5.74, 6) is 2.35. The number of benzene rings is 3. The zero-order valence-corrected chi connectivity index (χ0v) is 36.9. The van der Waals surface area contributed by atoms with Gasteiger partial charge in [-0.2, -0.15) is 0 Å². The van der Waals surface area contributed by atoms with E-state index in [0.717, 1.165) is 80.8 Å². The third-order valence-corrected chi connectivity index (χ3v) is 13.4. The molecule has 2 aliphatic carbocycles. The predicted octanol–water partition coefficient (Wildman–Crippen LogP) is 7.09. The lowest BCUT2D eigenvalue weighted by molar-refractivity contribution is -0.125. The quantitative estimate of drug-likeness (QED) is 0.177. The number of hydrogen-bond donors (Lipinski definition) is 2. The van der Waals surface area contributed by atoms with Crippen molar-refractivity contribution in [3.05, 3.63) is 107 Å². The van der Waals surface area contributed by atoms with Crippen molar-refractivity contribution in [2.45, 2.75) is 96.7 Å². The molecule has 4 aliphatic heterocycles. The molecule has 5 heterocycles. The number of anilines is 2. The van der Waals surface area contributed by atoms with Crippen LogP contribution in [0.25, 0.3) is 0 Å². The Balaban J connectivity index is 0.000000250. The summed E-state index contributed by atoms with van der Waals surface area (Å²) in [5.41, 5.74) is 5.83. The Kier molecular flexibility index (Phi) is 15.1. The van der Waals surface area contributed by atoms with Crippen LogP contribution in [-0.4, -0.2) is 108 Å². The van der Waals surface area contributed by atoms with Crippen LogP contribution in [0.15, 0.2) is 85.2 Å². The highest BCUT2D eigenvalue weighted by Gasteiger charge is 2.47. The Morgan fingerprint density at radius 2 is 1.61 bits per heavy atom. The number of aromatic nitrogens is 2. The van der Waals surface area contributed by atoms with Crippen molar-refractivity contribution in [2.24, 2.45) is 11.3 Å². The van der Waals surface area contributed by atoms with Gasteiger partial charge in [0.15, 0.2) is 0 Å². The number of nitrogens with one attached hydrogen (secondary N) is 1. The summed E-state index contributed by atoms with van der Waals surface area (Å²) < 4.78 is 6.25. The van der Waals surface area contributed by atoms with Crippen LogP contribution in [0.4, 0.5) is 11.6 Å². The van der Waals surface area contributed by atoms with Gasteiger partial charge in [0.1, 0.15) is 30.4 Å². The number of phenols is 1. The Morgan fingerprint density at radius 3 is 2.29 bits per heavy atom. The Hall–Kier alpha value is -5.49. The summed E-state index contributed by atoms with van der Waals surface area (Å²) >= 11 is 0. The number of aldehydes is 1. The SMILES string of the molecule is CC.CNC(=O)C(CCC=O)N1Cc2cc3c(cc2C1=O)OCC1CN(CC2CC4(CCN(c5ncccn5)CC4)C2)CCN31.Oc1ccc2c(c1)CCCC2.c1ccccc1. The molecule has 0 radical (unpaired) electrons. The van der Waals surface area contributed by atoms with Crippen LogP contribution in [0.3, 0.4) is 0 Å². The lowest BCUT2D eigenvalue weighted by Crippen LogP contribution is -2.59. The lowest BCUT2D eigenvalue weighted by Gasteiger charge is -2.54. The van der Waals surface area contributed by atoms with Gasteiger partial charge >= 0.3 is 0 Å². The van der Waals surface area contributed by atoms with Gasteiger partial charge in [-0.05, 0) is 116 Å². The van der Waals surface area contributed by atoms with Crippen molar-refractivity contribution in [2.75, 3.05) is 62.7 Å². The van der Waals surface area contributed by atoms with E-state index < -0.39 is 6.04 Å². The number of rotatable bonds is 8. The topological polar surface area (TPSA) is 131 Å². The number of ether oxygens (including phenoxy) is 1. The van der Waals surface area contributed by atoms with Gasteiger partial charge in [-0.3, -0.25) is 14.5 Å². The molecular formula is C50H65N7O5. The number of piperidine rings is 1. The summed E-state index contributed by atoms with van der Waals surface area (Å²) in [6.45, 7) is 11.1. The fourth-order valence-electron chi connectivity index (χ4n) is 10.3. The third kappa shape index (κ3) is 10.4. The minimum atomic E-state index is -0.666. The van der Waals surface area contributed by atoms with Crippen molar-refractivity contribution in [1.82, 2.24) is 25.1 Å². The number of carbonyl (C=O) groups is 3. The summed E-state index contributed by atoms with van der Waals surface area (Å²) in [7, 11) is 1.56. The van der Waals surface area contributed by atoms with Crippen molar-refractivity contribution >= 4 is 29.7 Å². The van der Waals surface area contributed by atoms with Crippen molar-refractivity contribution < 1.29 is 24.2 Å². The first kappa shape index (κ1) is 44.6. The summed E-state index contributed by atoms with van der Waals surface area (Å²) in [5, 5.41) is 11.8. The highest BCUT2D eigenvalue weighted by Crippen LogP contribution is 2.53. The third-order valence-electron chi connectivity index (χ3n) is 13.4. The van der Waals surface area contributed by atoms with E-state index in [4.69, 9.17) is 4.74 Å². The van der Waals surface area contributed by atoms with Gasteiger partial charge in [-0.1, -0.05) is 56.3 Å². The van der Waals surface area contributed by atoms with Crippen LogP contribution >= 0.6 is 0 Å². The highest BCUT2D eigenvalue weighted by atomic mass is 16.5. The van der Waals surface area contributed by atoms with Gasteiger partial charge < -0.3 is 34.7 Å². The fourth-order valence-corrected chi connectivity index (χ4v) is 10.3. The van der Waals surface area contributed by atoms with Crippen molar-refractivity contribution in [1.29, 1.82) is 0 Å². The molecular weight excluding hydrogens is 779 g/mol. The molecule has 1 saturated carbocycles. The van der Waals surface area contributed by atoms with E-state index in [0.29, 0.717) is 36.3 Å². The minimum Gasteiger partial charge on any atom is -0.508 e. The molecule has 6 aliphatic rings. The zero-order valence-electron chi connectivity index (χ0n) is 36.9. The number of carbonyl (C=O) groups excluding carboxylic acids is 3. The smallest absolute Gasteiger partial charge is 0.255 e. The number of fused-ring (bicyclic) bond motifs is 5. The number of piperazine rings is 1. The first-order chi connectivity index (χ1) is 30.3. The van der Waals surface area contributed by atoms with Crippen LogP contribution in [0.1, 0.15) is 92.3 Å². The first-order valence-electron chi connectivity index (χ1n) is 22.9.